The van der Waals surface area contributed by atoms with Crippen molar-refractivity contribution in [2.24, 2.45) is 0 Å². The summed E-state index contributed by atoms with van der Waals surface area (Å²) in [5, 5.41) is 2.82. The number of carbonyl (C=O) groups is 1. The lowest BCUT2D eigenvalue weighted by molar-refractivity contribution is -0.116. The largest absolute Gasteiger partial charge is 0.497 e. The highest BCUT2D eigenvalue weighted by Gasteiger charge is 2.22. The van der Waals surface area contributed by atoms with Gasteiger partial charge in [-0.1, -0.05) is 0 Å². The fraction of sp³-hybridized carbons (Fsp3) is 0.533. The predicted octanol–water partition coefficient (Wildman–Crippen LogP) is 2.99. The summed E-state index contributed by atoms with van der Waals surface area (Å²) in [6.45, 7) is 2.07. The molecule has 2 unspecified atom stereocenters. The van der Waals surface area contributed by atoms with E-state index in [1.165, 1.54) is 0 Å². The maximum atomic E-state index is 11.9. The Kier molecular flexibility index (Phi) is 6.78. The number of nitrogen functional groups attached to an aromatic ring is 1. The van der Waals surface area contributed by atoms with Gasteiger partial charge in [-0.25, -0.2) is 0 Å². The summed E-state index contributed by atoms with van der Waals surface area (Å²) in [6, 6.07) is 5.20. The lowest BCUT2D eigenvalue weighted by atomic mass is 10.1. The maximum absolute atomic E-state index is 11.9. The van der Waals surface area contributed by atoms with Crippen LogP contribution in [0.3, 0.4) is 0 Å². The fourth-order valence-corrected chi connectivity index (χ4v) is 2.37. The Morgan fingerprint density at radius 1 is 1.48 bits per heavy atom. The van der Waals surface area contributed by atoms with Crippen molar-refractivity contribution in [2.45, 2.75) is 44.8 Å². The van der Waals surface area contributed by atoms with Crippen molar-refractivity contribution in [3.8, 4) is 5.75 Å². The van der Waals surface area contributed by atoms with Crippen LogP contribution < -0.4 is 15.8 Å². The van der Waals surface area contributed by atoms with Gasteiger partial charge >= 0.3 is 0 Å². The monoisotopic (exact) mass is 314 g/mol. The summed E-state index contributed by atoms with van der Waals surface area (Å²) in [6.07, 6.45) is 3.83. The van der Waals surface area contributed by atoms with Crippen LogP contribution in [0.2, 0.25) is 0 Å². The number of anilines is 2. The van der Waals surface area contributed by atoms with E-state index in [-0.39, 0.29) is 24.4 Å². The summed E-state index contributed by atoms with van der Waals surface area (Å²) in [7, 11) is 1.58. The molecule has 2 rings (SSSR count). The Balaban J connectivity index is 0.00000220. The molecule has 1 heterocycles. The lowest BCUT2D eigenvalue weighted by Gasteiger charge is -2.12. The van der Waals surface area contributed by atoms with E-state index in [0.29, 0.717) is 29.6 Å². The van der Waals surface area contributed by atoms with Crippen LogP contribution in [0.1, 0.15) is 32.6 Å². The van der Waals surface area contributed by atoms with Gasteiger partial charge in [-0.15, -0.1) is 12.4 Å². The van der Waals surface area contributed by atoms with Crippen molar-refractivity contribution < 1.29 is 14.3 Å². The van der Waals surface area contributed by atoms with E-state index in [1.54, 1.807) is 25.3 Å². The number of nitrogens with one attached hydrogen (secondary N) is 1. The lowest BCUT2D eigenvalue weighted by Crippen LogP contribution is -2.16. The first-order valence-electron chi connectivity index (χ1n) is 6.97. The Morgan fingerprint density at radius 2 is 2.24 bits per heavy atom. The van der Waals surface area contributed by atoms with Crippen LogP contribution in [-0.4, -0.2) is 25.2 Å². The number of hydrogen-bond acceptors (Lipinski definition) is 4. The molecule has 0 aliphatic carbocycles. The molecule has 118 valence electrons. The zero-order valence-corrected chi connectivity index (χ0v) is 13.2. The van der Waals surface area contributed by atoms with Crippen LogP contribution in [0, 0.1) is 0 Å². The number of ether oxygens (including phenoxy) is 2. The topological polar surface area (TPSA) is 73.6 Å². The second kappa shape index (κ2) is 8.10. The fourth-order valence-electron chi connectivity index (χ4n) is 2.37. The average molecular weight is 315 g/mol. The third-order valence-electron chi connectivity index (χ3n) is 3.55. The second-order valence-electron chi connectivity index (χ2n) is 5.19. The second-order valence-corrected chi connectivity index (χ2v) is 5.19. The molecule has 0 spiro atoms. The molecule has 1 aromatic rings. The molecule has 1 aromatic carbocycles. The molecule has 21 heavy (non-hydrogen) atoms. The van der Waals surface area contributed by atoms with Crippen molar-refractivity contribution >= 4 is 29.7 Å². The van der Waals surface area contributed by atoms with Crippen LogP contribution in [0.15, 0.2) is 18.2 Å². The highest BCUT2D eigenvalue weighted by molar-refractivity contribution is 5.94. The maximum Gasteiger partial charge on any atom is 0.224 e. The van der Waals surface area contributed by atoms with Gasteiger partial charge in [0.2, 0.25) is 5.91 Å². The Labute approximate surface area is 131 Å². The molecule has 1 fully saturated rings. The van der Waals surface area contributed by atoms with E-state index >= 15 is 0 Å². The highest BCUT2D eigenvalue weighted by atomic mass is 35.5. The van der Waals surface area contributed by atoms with Crippen LogP contribution in [0.4, 0.5) is 11.4 Å². The van der Waals surface area contributed by atoms with Crippen molar-refractivity contribution in [3.05, 3.63) is 18.2 Å². The molecule has 1 amide bonds. The van der Waals surface area contributed by atoms with Gasteiger partial charge < -0.3 is 20.5 Å². The quantitative estimate of drug-likeness (QED) is 0.819. The van der Waals surface area contributed by atoms with Gasteiger partial charge in [0.25, 0.3) is 0 Å². The van der Waals surface area contributed by atoms with Crippen molar-refractivity contribution in [1.82, 2.24) is 0 Å². The van der Waals surface area contributed by atoms with E-state index in [0.717, 1.165) is 19.3 Å². The summed E-state index contributed by atoms with van der Waals surface area (Å²) in [5.74, 6) is 0.621. The first-order valence-corrected chi connectivity index (χ1v) is 6.97. The summed E-state index contributed by atoms with van der Waals surface area (Å²) < 4.78 is 10.8. The minimum atomic E-state index is -0.0480. The molecule has 1 aliphatic rings. The number of carbonyl (C=O) groups excluding carboxylic acids is 1. The van der Waals surface area contributed by atoms with E-state index < -0.39 is 0 Å². The first-order chi connectivity index (χ1) is 9.58. The third kappa shape index (κ3) is 5.10. The molecule has 5 nitrogen and oxygen atoms in total. The first kappa shape index (κ1) is 17.6. The minimum Gasteiger partial charge on any atom is -0.497 e. The van der Waals surface area contributed by atoms with E-state index in [2.05, 4.69) is 12.2 Å². The molecule has 0 saturated carbocycles. The number of hydrogen-bond donors (Lipinski definition) is 2. The molecule has 1 aliphatic heterocycles. The van der Waals surface area contributed by atoms with Gasteiger partial charge in [-0.2, -0.15) is 0 Å². The Morgan fingerprint density at radius 3 is 2.86 bits per heavy atom. The zero-order valence-electron chi connectivity index (χ0n) is 12.4. The summed E-state index contributed by atoms with van der Waals surface area (Å²) in [5.41, 5.74) is 6.96. The van der Waals surface area contributed by atoms with Crippen molar-refractivity contribution in [1.29, 1.82) is 0 Å². The molecule has 3 N–H and O–H groups in total. The number of halogens is 1. The van der Waals surface area contributed by atoms with Crippen LogP contribution in [0.25, 0.3) is 0 Å². The van der Waals surface area contributed by atoms with Gasteiger partial charge in [0.15, 0.2) is 0 Å². The number of methoxy groups -OCH3 is 1. The summed E-state index contributed by atoms with van der Waals surface area (Å²) in [4.78, 5) is 11.9. The van der Waals surface area contributed by atoms with Gasteiger partial charge in [0, 0.05) is 12.5 Å². The average Bonchev–Trinajstić information content (AvgIpc) is 2.85. The highest BCUT2D eigenvalue weighted by Crippen LogP contribution is 2.26. The SMILES string of the molecule is COc1ccc(N)c(NC(=O)CCC2CCC(C)O2)c1.Cl. The van der Waals surface area contributed by atoms with Gasteiger partial charge in [-0.05, 0) is 38.3 Å². The van der Waals surface area contributed by atoms with Crippen LogP contribution >= 0.6 is 12.4 Å². The normalized spacial score (nSPS) is 20.7. The van der Waals surface area contributed by atoms with Gasteiger partial charge in [0.05, 0.1) is 30.7 Å². The van der Waals surface area contributed by atoms with Gasteiger partial charge in [0.1, 0.15) is 5.75 Å². The van der Waals surface area contributed by atoms with Crippen molar-refractivity contribution in [3.63, 3.8) is 0 Å². The molecular formula is C15H23ClN2O3. The molecule has 6 heteroatoms. The number of benzene rings is 1. The number of nitrogens with two attached hydrogens (primary N) is 1. The smallest absolute Gasteiger partial charge is 0.224 e. The molecular weight excluding hydrogens is 292 g/mol. The van der Waals surface area contributed by atoms with Crippen molar-refractivity contribution in [2.75, 3.05) is 18.2 Å². The molecule has 0 aromatic heterocycles. The standard InChI is InChI=1S/C15H22N2O3.ClH/c1-10-3-4-11(20-10)6-8-15(18)17-14-9-12(19-2)5-7-13(14)16;/h5,7,9-11H,3-4,6,8,16H2,1-2H3,(H,17,18);1H. The molecule has 0 bridgehead atoms. The molecule has 0 radical (unpaired) electrons. The number of amides is 1. The summed E-state index contributed by atoms with van der Waals surface area (Å²) >= 11 is 0. The van der Waals surface area contributed by atoms with Gasteiger partial charge in [-0.3, -0.25) is 4.79 Å². The Hall–Kier alpha value is -1.46. The predicted molar refractivity (Wildman–Crippen MR) is 86.1 cm³/mol. The van der Waals surface area contributed by atoms with E-state index in [1.807, 2.05) is 0 Å². The van der Waals surface area contributed by atoms with Crippen LogP contribution in [0.5, 0.6) is 5.75 Å². The molecule has 1 saturated heterocycles. The molecule has 2 atom stereocenters. The zero-order chi connectivity index (χ0) is 14.5. The number of rotatable bonds is 5. The van der Waals surface area contributed by atoms with E-state index in [9.17, 15) is 4.79 Å². The third-order valence-corrected chi connectivity index (χ3v) is 3.55. The minimum absolute atomic E-state index is 0. The van der Waals surface area contributed by atoms with E-state index in [4.69, 9.17) is 15.2 Å². The van der Waals surface area contributed by atoms with Crippen LogP contribution in [-0.2, 0) is 9.53 Å². The Bertz CT molecular complexity index is 482.